The van der Waals surface area contributed by atoms with E-state index in [9.17, 15) is 0 Å². The topological polar surface area (TPSA) is 34.1 Å². The normalized spacial score (nSPS) is 18.1. The number of nitrogens with zero attached hydrogens (tertiary/aromatic N) is 1. The maximum atomic E-state index is 6.70. The fraction of sp³-hybridized carbons (Fsp3) is 0.0465. The maximum absolute atomic E-state index is 6.70. The van der Waals surface area contributed by atoms with Gasteiger partial charge in [0.25, 0.3) is 0 Å². The molecule has 1 aromatic heterocycles. The molecule has 216 valence electrons. The molecule has 0 saturated carbocycles. The lowest BCUT2D eigenvalue weighted by molar-refractivity contribution is 0.436. The van der Waals surface area contributed by atoms with Gasteiger partial charge in [-0.1, -0.05) is 115 Å². The minimum atomic E-state index is -0.560. The minimum absolute atomic E-state index is 0.0589. The van der Waals surface area contributed by atoms with Crippen LogP contribution in [0, 0.1) is 0 Å². The molecule has 6 aromatic carbocycles. The van der Waals surface area contributed by atoms with Gasteiger partial charge in [-0.05, 0) is 75.8 Å². The van der Waals surface area contributed by atoms with Gasteiger partial charge in [0.15, 0.2) is 0 Å². The van der Waals surface area contributed by atoms with E-state index in [1.54, 1.807) is 0 Å². The Kier molecular flexibility index (Phi) is 5.26. The summed E-state index contributed by atoms with van der Waals surface area (Å²) in [6, 6.07) is 52.2. The van der Waals surface area contributed by atoms with Crippen molar-refractivity contribution in [1.29, 1.82) is 0 Å². The van der Waals surface area contributed by atoms with E-state index in [-0.39, 0.29) is 6.04 Å². The van der Waals surface area contributed by atoms with E-state index in [1.807, 2.05) is 6.07 Å². The van der Waals surface area contributed by atoms with Crippen molar-refractivity contribution in [2.45, 2.75) is 11.5 Å². The Hall–Kier alpha value is -5.93. The van der Waals surface area contributed by atoms with Crippen LogP contribution in [0.2, 0.25) is 0 Å². The number of benzene rings is 6. The standard InChI is InChI=1S/C43H28N2O/c1-6-14-37-27(9-1)18-22-39(44-37)29-17-21-32-31-11-3-4-12-33(31)43(35(32)25-29)34-13-5-8-16-41(34)46-42-24-20-30(26-36(42)43)40-23-19-28-10-2-7-15-38(28)45-40/h1-26,39,44H. The first-order valence-electron chi connectivity index (χ1n) is 15.8. The second kappa shape index (κ2) is 9.53. The van der Waals surface area contributed by atoms with Crippen LogP contribution in [0.5, 0.6) is 11.5 Å². The van der Waals surface area contributed by atoms with Gasteiger partial charge in [-0.3, -0.25) is 0 Å². The molecule has 0 amide bonds. The van der Waals surface area contributed by atoms with Crippen molar-refractivity contribution >= 4 is 22.7 Å². The third-order valence-electron chi connectivity index (χ3n) is 9.96. The summed E-state index contributed by atoms with van der Waals surface area (Å²) >= 11 is 0. The van der Waals surface area contributed by atoms with Gasteiger partial charge in [-0.15, -0.1) is 0 Å². The molecule has 1 aliphatic carbocycles. The zero-order chi connectivity index (χ0) is 30.2. The van der Waals surface area contributed by atoms with Crippen molar-refractivity contribution in [3.8, 4) is 33.9 Å². The highest BCUT2D eigenvalue weighted by Gasteiger charge is 2.51. The summed E-state index contributed by atoms with van der Waals surface area (Å²) in [5, 5.41) is 4.92. The largest absolute Gasteiger partial charge is 0.457 e. The molecule has 0 radical (unpaired) electrons. The van der Waals surface area contributed by atoms with Crippen LogP contribution < -0.4 is 10.1 Å². The Morgan fingerprint density at radius 1 is 0.587 bits per heavy atom. The number of ether oxygens (including phenoxy) is 1. The van der Waals surface area contributed by atoms with Crippen molar-refractivity contribution in [3.63, 3.8) is 0 Å². The lowest BCUT2D eigenvalue weighted by Crippen LogP contribution is -2.32. The molecule has 3 heteroatoms. The van der Waals surface area contributed by atoms with Gasteiger partial charge in [-0.2, -0.15) is 0 Å². The number of hydrogen-bond donors (Lipinski definition) is 1. The van der Waals surface area contributed by atoms with Gasteiger partial charge < -0.3 is 10.1 Å². The number of rotatable bonds is 2. The molecular weight excluding hydrogens is 560 g/mol. The van der Waals surface area contributed by atoms with Crippen molar-refractivity contribution in [1.82, 2.24) is 4.98 Å². The summed E-state index contributed by atoms with van der Waals surface area (Å²) in [6.45, 7) is 0. The summed E-state index contributed by atoms with van der Waals surface area (Å²) in [7, 11) is 0. The smallest absolute Gasteiger partial charge is 0.132 e. The van der Waals surface area contributed by atoms with E-state index in [0.717, 1.165) is 50.5 Å². The fourth-order valence-corrected chi connectivity index (χ4v) is 7.88. The van der Waals surface area contributed by atoms with E-state index >= 15 is 0 Å². The molecule has 3 aliphatic rings. The van der Waals surface area contributed by atoms with Crippen LogP contribution in [0.1, 0.15) is 39.4 Å². The van der Waals surface area contributed by atoms with E-state index < -0.39 is 5.41 Å². The van der Waals surface area contributed by atoms with Gasteiger partial charge in [0, 0.05) is 27.8 Å². The van der Waals surface area contributed by atoms with Crippen molar-refractivity contribution < 1.29 is 4.74 Å². The number of hydrogen-bond acceptors (Lipinski definition) is 3. The van der Waals surface area contributed by atoms with E-state index in [0.29, 0.717) is 0 Å². The first kappa shape index (κ1) is 25.4. The van der Waals surface area contributed by atoms with Crippen LogP contribution in [0.3, 0.4) is 0 Å². The number of nitrogens with one attached hydrogen (secondary N) is 1. The molecule has 10 rings (SSSR count). The van der Waals surface area contributed by atoms with Crippen LogP contribution in [-0.4, -0.2) is 4.98 Å². The van der Waals surface area contributed by atoms with Gasteiger partial charge >= 0.3 is 0 Å². The van der Waals surface area contributed by atoms with Crippen molar-refractivity contribution in [2.24, 2.45) is 0 Å². The first-order chi connectivity index (χ1) is 22.8. The molecule has 7 aromatic rings. The van der Waals surface area contributed by atoms with Crippen molar-refractivity contribution in [2.75, 3.05) is 5.32 Å². The zero-order valence-corrected chi connectivity index (χ0v) is 24.9. The molecule has 3 nitrogen and oxygen atoms in total. The Balaban J connectivity index is 1.23. The average Bonchev–Trinajstić information content (AvgIpc) is 3.41. The summed E-state index contributed by atoms with van der Waals surface area (Å²) in [6.07, 6.45) is 4.50. The lowest BCUT2D eigenvalue weighted by atomic mass is 9.65. The number of anilines is 1. The first-order valence-corrected chi connectivity index (χ1v) is 15.8. The molecule has 3 heterocycles. The highest BCUT2D eigenvalue weighted by Crippen LogP contribution is 2.62. The molecule has 2 atom stereocenters. The Labute approximate surface area is 267 Å². The zero-order valence-electron chi connectivity index (χ0n) is 24.9. The number of fused-ring (bicyclic) bond motifs is 11. The van der Waals surface area contributed by atoms with Gasteiger partial charge in [0.05, 0.1) is 22.7 Å². The molecule has 2 aliphatic heterocycles. The SMILES string of the molecule is C1=CC(c2ccc3c(c2)C2(c4ccccc4Oc4ccc(-c5ccc6ccccc6n5)cc42)c2ccccc2-3)Nc2ccccc21. The summed E-state index contributed by atoms with van der Waals surface area (Å²) in [5.74, 6) is 1.77. The number of aromatic nitrogens is 1. The lowest BCUT2D eigenvalue weighted by Gasteiger charge is -2.40. The monoisotopic (exact) mass is 588 g/mol. The van der Waals surface area contributed by atoms with E-state index in [4.69, 9.17) is 9.72 Å². The average molecular weight is 589 g/mol. The van der Waals surface area contributed by atoms with Gasteiger partial charge in [0.1, 0.15) is 11.5 Å². The highest BCUT2D eigenvalue weighted by atomic mass is 16.5. The molecule has 0 bridgehead atoms. The van der Waals surface area contributed by atoms with E-state index in [2.05, 4.69) is 157 Å². The fourth-order valence-electron chi connectivity index (χ4n) is 7.88. The quantitative estimate of drug-likeness (QED) is 0.218. The Morgan fingerprint density at radius 2 is 1.37 bits per heavy atom. The molecule has 1 N–H and O–H groups in total. The van der Waals surface area contributed by atoms with E-state index in [1.165, 1.54) is 33.4 Å². The second-order valence-corrected chi connectivity index (χ2v) is 12.4. The summed E-state index contributed by atoms with van der Waals surface area (Å²) in [5.41, 5.74) is 13.4. The summed E-state index contributed by atoms with van der Waals surface area (Å²) in [4.78, 5) is 5.08. The molecule has 0 saturated heterocycles. The third-order valence-corrected chi connectivity index (χ3v) is 9.96. The van der Waals surface area contributed by atoms with Crippen molar-refractivity contribution in [3.05, 3.63) is 185 Å². The van der Waals surface area contributed by atoms with Crippen LogP contribution >= 0.6 is 0 Å². The van der Waals surface area contributed by atoms with Gasteiger partial charge in [-0.25, -0.2) is 4.98 Å². The van der Waals surface area contributed by atoms with Crippen LogP contribution in [0.25, 0.3) is 39.4 Å². The number of pyridine rings is 1. The minimum Gasteiger partial charge on any atom is -0.457 e. The molecular formula is C43H28N2O. The molecule has 46 heavy (non-hydrogen) atoms. The Morgan fingerprint density at radius 3 is 2.35 bits per heavy atom. The van der Waals surface area contributed by atoms with Crippen LogP contribution in [0.4, 0.5) is 5.69 Å². The molecule has 1 spiro atoms. The molecule has 0 fully saturated rings. The summed E-state index contributed by atoms with van der Waals surface area (Å²) < 4.78 is 6.70. The predicted molar refractivity (Wildman–Crippen MR) is 186 cm³/mol. The van der Waals surface area contributed by atoms with Gasteiger partial charge in [0.2, 0.25) is 0 Å². The Bertz CT molecular complexity index is 2410. The third kappa shape index (κ3) is 3.51. The highest BCUT2D eigenvalue weighted by molar-refractivity contribution is 5.90. The predicted octanol–water partition coefficient (Wildman–Crippen LogP) is 10.6. The van der Waals surface area contributed by atoms with Crippen LogP contribution in [0.15, 0.2) is 152 Å². The maximum Gasteiger partial charge on any atom is 0.132 e. The number of para-hydroxylation sites is 3. The van der Waals surface area contributed by atoms with Crippen LogP contribution in [-0.2, 0) is 5.41 Å². The molecule has 2 unspecified atom stereocenters. The second-order valence-electron chi connectivity index (χ2n) is 12.4.